The second-order valence-corrected chi connectivity index (χ2v) is 5.61. The molecule has 0 spiro atoms. The Bertz CT molecular complexity index is 584. The minimum absolute atomic E-state index is 0.239. The molecule has 0 aliphatic carbocycles. The fourth-order valence-corrected chi connectivity index (χ4v) is 2.84. The maximum Gasteiger partial charge on any atom is 0.335 e. The highest BCUT2D eigenvalue weighted by Gasteiger charge is 2.06. The molecule has 0 bridgehead atoms. The van der Waals surface area contributed by atoms with E-state index in [2.05, 4.69) is 12.1 Å². The first-order chi connectivity index (χ1) is 9.66. The molecule has 2 rings (SSSR count). The second-order valence-electron chi connectivity index (χ2n) is 4.51. The van der Waals surface area contributed by atoms with Crippen LogP contribution < -0.4 is 5.73 Å². The fraction of sp³-hybridized carbons (Fsp3) is 0.188. The predicted molar refractivity (Wildman–Crippen MR) is 84.1 cm³/mol. The van der Waals surface area contributed by atoms with Gasteiger partial charge < -0.3 is 10.8 Å². The number of aromatic carboxylic acids is 1. The predicted octanol–water partition coefficient (Wildman–Crippen LogP) is 3.44. The van der Waals surface area contributed by atoms with Gasteiger partial charge in [0.2, 0.25) is 0 Å². The van der Waals surface area contributed by atoms with Crippen LogP contribution in [0.3, 0.4) is 0 Å². The number of thioether (sulfide) groups is 1. The van der Waals surface area contributed by atoms with E-state index in [1.807, 2.05) is 36.0 Å². The van der Waals surface area contributed by atoms with Crippen molar-refractivity contribution in [2.75, 3.05) is 11.5 Å². The Morgan fingerprint density at radius 1 is 1.15 bits per heavy atom. The van der Waals surface area contributed by atoms with Gasteiger partial charge in [-0.1, -0.05) is 36.4 Å². The summed E-state index contributed by atoms with van der Waals surface area (Å²) in [5.41, 5.74) is 9.00. The molecule has 0 unspecified atom stereocenters. The molecule has 3 N–H and O–H groups in total. The molecule has 4 heteroatoms. The van der Waals surface area contributed by atoms with E-state index in [0.717, 1.165) is 23.5 Å². The molecule has 3 nitrogen and oxygen atoms in total. The lowest BCUT2D eigenvalue weighted by molar-refractivity contribution is 0.0697. The summed E-state index contributed by atoms with van der Waals surface area (Å²) >= 11 is 1.85. The zero-order valence-electron chi connectivity index (χ0n) is 11.1. The van der Waals surface area contributed by atoms with Crippen LogP contribution in [0.1, 0.15) is 21.5 Å². The van der Waals surface area contributed by atoms with Crippen LogP contribution in [0.2, 0.25) is 0 Å². The molecular weight excluding hydrogens is 270 g/mol. The van der Waals surface area contributed by atoms with Crippen LogP contribution in [0, 0.1) is 0 Å². The zero-order valence-corrected chi connectivity index (χ0v) is 11.9. The highest BCUT2D eigenvalue weighted by Crippen LogP contribution is 2.19. The summed E-state index contributed by atoms with van der Waals surface area (Å²) in [7, 11) is 0. The van der Waals surface area contributed by atoms with Gasteiger partial charge in [0.15, 0.2) is 0 Å². The maximum atomic E-state index is 10.8. The standard InChI is InChI=1S/C16H17NO2S/c17-15-10-14(16(18)19)7-6-13(15)8-9-20-11-12-4-2-1-3-5-12/h1-7,10H,8-9,11,17H2,(H,18,19). The van der Waals surface area contributed by atoms with Gasteiger partial charge in [-0.05, 0) is 35.4 Å². The van der Waals surface area contributed by atoms with E-state index in [0.29, 0.717) is 5.69 Å². The average Bonchev–Trinajstić information content (AvgIpc) is 2.46. The summed E-state index contributed by atoms with van der Waals surface area (Å²) in [6, 6.07) is 15.3. The SMILES string of the molecule is Nc1cc(C(=O)O)ccc1CCSCc1ccccc1. The molecule has 0 heterocycles. The Hall–Kier alpha value is -1.94. The zero-order chi connectivity index (χ0) is 14.4. The molecule has 0 amide bonds. The van der Waals surface area contributed by atoms with Gasteiger partial charge in [0, 0.05) is 11.4 Å². The van der Waals surface area contributed by atoms with Crippen LogP contribution in [-0.4, -0.2) is 16.8 Å². The second kappa shape index (κ2) is 7.01. The topological polar surface area (TPSA) is 63.3 Å². The molecule has 0 saturated heterocycles. The van der Waals surface area contributed by atoms with Crippen molar-refractivity contribution in [2.45, 2.75) is 12.2 Å². The molecular formula is C16H17NO2S. The van der Waals surface area contributed by atoms with E-state index in [1.165, 1.54) is 11.6 Å². The molecule has 0 fully saturated rings. The van der Waals surface area contributed by atoms with Gasteiger partial charge in [0.25, 0.3) is 0 Å². The van der Waals surface area contributed by atoms with Crippen molar-refractivity contribution in [3.8, 4) is 0 Å². The highest BCUT2D eigenvalue weighted by molar-refractivity contribution is 7.98. The highest BCUT2D eigenvalue weighted by atomic mass is 32.2. The summed E-state index contributed by atoms with van der Waals surface area (Å²) < 4.78 is 0. The monoisotopic (exact) mass is 287 g/mol. The van der Waals surface area contributed by atoms with Crippen LogP contribution in [0.25, 0.3) is 0 Å². The number of hydrogen-bond acceptors (Lipinski definition) is 3. The Morgan fingerprint density at radius 2 is 1.90 bits per heavy atom. The molecule has 0 atom stereocenters. The normalized spacial score (nSPS) is 10.4. The molecule has 2 aromatic carbocycles. The van der Waals surface area contributed by atoms with E-state index in [1.54, 1.807) is 6.07 Å². The van der Waals surface area contributed by atoms with Crippen molar-refractivity contribution in [2.24, 2.45) is 0 Å². The number of benzene rings is 2. The smallest absolute Gasteiger partial charge is 0.335 e. The first-order valence-electron chi connectivity index (χ1n) is 6.40. The lowest BCUT2D eigenvalue weighted by Gasteiger charge is -2.07. The van der Waals surface area contributed by atoms with Crippen molar-refractivity contribution in [1.82, 2.24) is 0 Å². The minimum atomic E-state index is -0.943. The molecule has 0 aliphatic heterocycles. The summed E-state index contributed by atoms with van der Waals surface area (Å²) in [6.45, 7) is 0. The van der Waals surface area contributed by atoms with Gasteiger partial charge in [0.1, 0.15) is 0 Å². The van der Waals surface area contributed by atoms with Gasteiger partial charge in [-0.3, -0.25) is 0 Å². The van der Waals surface area contributed by atoms with Crippen molar-refractivity contribution < 1.29 is 9.90 Å². The van der Waals surface area contributed by atoms with E-state index >= 15 is 0 Å². The van der Waals surface area contributed by atoms with Crippen LogP contribution in [0.5, 0.6) is 0 Å². The van der Waals surface area contributed by atoms with Crippen LogP contribution in [0.15, 0.2) is 48.5 Å². The van der Waals surface area contributed by atoms with Gasteiger partial charge in [-0.15, -0.1) is 0 Å². The van der Waals surface area contributed by atoms with Gasteiger partial charge in [0.05, 0.1) is 5.56 Å². The van der Waals surface area contributed by atoms with Crippen molar-refractivity contribution in [3.63, 3.8) is 0 Å². The molecule has 0 aliphatic rings. The van der Waals surface area contributed by atoms with Crippen molar-refractivity contribution in [3.05, 3.63) is 65.2 Å². The van der Waals surface area contributed by atoms with Gasteiger partial charge in [-0.2, -0.15) is 11.8 Å². The van der Waals surface area contributed by atoms with Crippen molar-refractivity contribution in [1.29, 1.82) is 0 Å². The Morgan fingerprint density at radius 3 is 2.55 bits per heavy atom. The molecule has 104 valence electrons. The van der Waals surface area contributed by atoms with E-state index in [-0.39, 0.29) is 5.56 Å². The van der Waals surface area contributed by atoms with E-state index in [9.17, 15) is 4.79 Å². The molecule has 20 heavy (non-hydrogen) atoms. The third-order valence-corrected chi connectivity index (χ3v) is 4.05. The molecule has 0 saturated carbocycles. The number of anilines is 1. The Labute approximate surface area is 122 Å². The number of rotatable bonds is 6. The fourth-order valence-electron chi connectivity index (χ4n) is 1.90. The van der Waals surface area contributed by atoms with E-state index < -0.39 is 5.97 Å². The molecule has 0 radical (unpaired) electrons. The van der Waals surface area contributed by atoms with Crippen LogP contribution >= 0.6 is 11.8 Å². The number of nitrogens with two attached hydrogens (primary N) is 1. The number of hydrogen-bond donors (Lipinski definition) is 2. The van der Waals surface area contributed by atoms with Crippen LogP contribution in [0.4, 0.5) is 5.69 Å². The Balaban J connectivity index is 1.84. The van der Waals surface area contributed by atoms with Crippen molar-refractivity contribution >= 4 is 23.4 Å². The third kappa shape index (κ3) is 4.03. The summed E-state index contributed by atoms with van der Waals surface area (Å²) in [5, 5.41) is 8.88. The lowest BCUT2D eigenvalue weighted by atomic mass is 10.1. The minimum Gasteiger partial charge on any atom is -0.478 e. The number of nitrogen functional groups attached to an aromatic ring is 1. The first-order valence-corrected chi connectivity index (χ1v) is 7.55. The number of aryl methyl sites for hydroxylation is 1. The maximum absolute atomic E-state index is 10.8. The van der Waals surface area contributed by atoms with E-state index in [4.69, 9.17) is 10.8 Å². The van der Waals surface area contributed by atoms with Gasteiger partial charge in [-0.25, -0.2) is 4.79 Å². The average molecular weight is 287 g/mol. The number of carboxylic acids is 1. The van der Waals surface area contributed by atoms with Crippen LogP contribution in [-0.2, 0) is 12.2 Å². The molecule has 0 aromatic heterocycles. The quantitative estimate of drug-likeness (QED) is 0.631. The Kier molecular flexibility index (Phi) is 5.07. The number of carboxylic acid groups (broad SMARTS) is 1. The largest absolute Gasteiger partial charge is 0.478 e. The summed E-state index contributed by atoms with van der Waals surface area (Å²) in [5.74, 6) is 1.00. The number of carbonyl (C=O) groups is 1. The molecule has 2 aromatic rings. The van der Waals surface area contributed by atoms with Gasteiger partial charge >= 0.3 is 5.97 Å². The first kappa shape index (κ1) is 14.5. The summed E-state index contributed by atoms with van der Waals surface area (Å²) in [6.07, 6.45) is 0.850. The summed E-state index contributed by atoms with van der Waals surface area (Å²) in [4.78, 5) is 10.8. The lowest BCUT2D eigenvalue weighted by Crippen LogP contribution is -2.02. The third-order valence-electron chi connectivity index (χ3n) is 3.02.